The predicted molar refractivity (Wildman–Crippen MR) is 65.9 cm³/mol. The summed E-state index contributed by atoms with van der Waals surface area (Å²) in [5.74, 6) is 0.552. The lowest BCUT2D eigenvalue weighted by Gasteiger charge is -2.01. The Balaban J connectivity index is 2.02. The van der Waals surface area contributed by atoms with Crippen molar-refractivity contribution in [1.29, 1.82) is 0 Å². The molecule has 0 radical (unpaired) electrons. The maximum Gasteiger partial charge on any atom is 0.324 e. The van der Waals surface area contributed by atoms with Crippen LogP contribution in [0.4, 0.5) is 5.00 Å². The molecule has 0 bridgehead atoms. The Morgan fingerprint density at radius 2 is 2.29 bits per heavy atom. The normalized spacial score (nSPS) is 10.4. The van der Waals surface area contributed by atoms with Crippen LogP contribution in [-0.2, 0) is 5.75 Å². The maximum absolute atomic E-state index is 11.3. The van der Waals surface area contributed by atoms with Gasteiger partial charge in [0, 0.05) is 29.3 Å². The Labute approximate surface area is 105 Å². The minimum atomic E-state index is -0.408. The molecule has 0 aliphatic carbocycles. The molecule has 2 rings (SSSR count). The molecule has 17 heavy (non-hydrogen) atoms. The van der Waals surface area contributed by atoms with E-state index in [1.165, 1.54) is 24.0 Å². The quantitative estimate of drug-likeness (QED) is 0.281. The number of thioether (sulfide) groups is 1. The van der Waals surface area contributed by atoms with E-state index in [0.717, 1.165) is 21.6 Å². The zero-order chi connectivity index (χ0) is 12.3. The standard InChI is InChI=1S/C10H8N2O3S2/c13-11-4-2-1-3-9(11)16-6-8-5-10(12(14)15)17-7-8/h1-5,7H,6H2. The summed E-state index contributed by atoms with van der Waals surface area (Å²) in [4.78, 5) is 10.1. The summed E-state index contributed by atoms with van der Waals surface area (Å²) in [5.41, 5.74) is 0.857. The highest BCUT2D eigenvalue weighted by molar-refractivity contribution is 7.98. The van der Waals surface area contributed by atoms with E-state index in [-0.39, 0.29) is 5.00 Å². The first kappa shape index (κ1) is 11.9. The van der Waals surface area contributed by atoms with Crippen LogP contribution in [0.25, 0.3) is 0 Å². The smallest absolute Gasteiger partial charge is 0.324 e. The van der Waals surface area contributed by atoms with Gasteiger partial charge in [0.2, 0.25) is 0 Å². The van der Waals surface area contributed by atoms with Crippen LogP contribution in [0.1, 0.15) is 5.56 Å². The Kier molecular flexibility index (Phi) is 3.60. The zero-order valence-corrected chi connectivity index (χ0v) is 10.2. The van der Waals surface area contributed by atoms with Gasteiger partial charge in [-0.05, 0) is 11.6 Å². The van der Waals surface area contributed by atoms with Crippen molar-refractivity contribution in [3.63, 3.8) is 0 Å². The third-order valence-electron chi connectivity index (χ3n) is 2.00. The van der Waals surface area contributed by atoms with Gasteiger partial charge in [-0.3, -0.25) is 10.1 Å². The summed E-state index contributed by atoms with van der Waals surface area (Å²) in [6.45, 7) is 0. The lowest BCUT2D eigenvalue weighted by molar-refractivity contribution is -0.645. The van der Waals surface area contributed by atoms with Crippen LogP contribution in [0.5, 0.6) is 0 Å². The number of pyridine rings is 1. The topological polar surface area (TPSA) is 70.1 Å². The predicted octanol–water partition coefficient (Wildman–Crippen LogP) is 2.58. The molecule has 0 N–H and O–H groups in total. The van der Waals surface area contributed by atoms with Crippen molar-refractivity contribution in [3.05, 3.63) is 56.7 Å². The van der Waals surface area contributed by atoms with E-state index in [4.69, 9.17) is 0 Å². The molecule has 5 nitrogen and oxygen atoms in total. The lowest BCUT2D eigenvalue weighted by atomic mass is 10.4. The largest absolute Gasteiger partial charge is 0.618 e. The van der Waals surface area contributed by atoms with Crippen LogP contribution < -0.4 is 4.73 Å². The number of aromatic nitrogens is 1. The molecular formula is C10H8N2O3S2. The van der Waals surface area contributed by atoms with Crippen LogP contribution in [0, 0.1) is 15.3 Å². The van der Waals surface area contributed by atoms with Crippen LogP contribution in [0.3, 0.4) is 0 Å². The monoisotopic (exact) mass is 268 g/mol. The van der Waals surface area contributed by atoms with Gasteiger partial charge >= 0.3 is 5.00 Å². The molecule has 0 amide bonds. The molecule has 2 aromatic rings. The van der Waals surface area contributed by atoms with Crippen LogP contribution in [-0.4, -0.2) is 4.92 Å². The summed E-state index contributed by atoms with van der Waals surface area (Å²) in [6.07, 6.45) is 1.43. The average molecular weight is 268 g/mol. The van der Waals surface area contributed by atoms with E-state index in [1.807, 2.05) is 0 Å². The molecule has 2 heterocycles. The van der Waals surface area contributed by atoms with Crippen LogP contribution >= 0.6 is 23.1 Å². The number of nitrogens with zero attached hydrogens (tertiary/aromatic N) is 2. The Bertz CT molecular complexity index is 542. The van der Waals surface area contributed by atoms with Gasteiger partial charge in [0.15, 0.2) is 6.20 Å². The first-order valence-electron chi connectivity index (χ1n) is 4.69. The van der Waals surface area contributed by atoms with Crippen molar-refractivity contribution < 1.29 is 9.65 Å². The minimum absolute atomic E-state index is 0.128. The first-order valence-corrected chi connectivity index (χ1v) is 6.56. The van der Waals surface area contributed by atoms with E-state index in [9.17, 15) is 15.3 Å². The second-order valence-corrected chi connectivity index (χ2v) is 5.09. The second kappa shape index (κ2) is 5.15. The lowest BCUT2D eigenvalue weighted by Crippen LogP contribution is -2.27. The van der Waals surface area contributed by atoms with Crippen LogP contribution in [0.15, 0.2) is 40.9 Å². The molecule has 7 heteroatoms. The van der Waals surface area contributed by atoms with Crippen LogP contribution in [0.2, 0.25) is 0 Å². The highest BCUT2D eigenvalue weighted by atomic mass is 32.2. The van der Waals surface area contributed by atoms with E-state index < -0.39 is 4.92 Å². The Morgan fingerprint density at radius 1 is 1.47 bits per heavy atom. The molecule has 2 aromatic heterocycles. The molecule has 0 spiro atoms. The molecule has 0 aromatic carbocycles. The number of nitro groups is 1. The van der Waals surface area contributed by atoms with Crippen molar-refractivity contribution >= 4 is 28.1 Å². The van der Waals surface area contributed by atoms with Gasteiger partial charge in [-0.1, -0.05) is 23.1 Å². The number of hydrogen-bond acceptors (Lipinski definition) is 5. The molecule has 0 atom stereocenters. The van der Waals surface area contributed by atoms with Gasteiger partial charge in [0.1, 0.15) is 0 Å². The van der Waals surface area contributed by atoms with Gasteiger partial charge in [-0.15, -0.1) is 0 Å². The van der Waals surface area contributed by atoms with Crippen molar-refractivity contribution in [2.45, 2.75) is 10.8 Å². The van der Waals surface area contributed by atoms with Crippen molar-refractivity contribution in [1.82, 2.24) is 0 Å². The molecule has 0 unspecified atom stereocenters. The SMILES string of the molecule is O=[N+]([O-])c1cc(CSc2cccc[n+]2[O-])cs1. The first-order chi connectivity index (χ1) is 8.16. The molecule has 88 valence electrons. The molecule has 0 aliphatic rings. The third-order valence-corrected chi connectivity index (χ3v) is 4.01. The fourth-order valence-electron chi connectivity index (χ4n) is 1.22. The molecule has 0 fully saturated rings. The second-order valence-electron chi connectivity index (χ2n) is 3.20. The van der Waals surface area contributed by atoms with E-state index >= 15 is 0 Å². The van der Waals surface area contributed by atoms with Crippen molar-refractivity contribution in [2.24, 2.45) is 0 Å². The van der Waals surface area contributed by atoms with Gasteiger partial charge in [-0.25, -0.2) is 0 Å². The van der Waals surface area contributed by atoms with E-state index in [2.05, 4.69) is 0 Å². The van der Waals surface area contributed by atoms with E-state index in [1.54, 1.807) is 23.6 Å². The Morgan fingerprint density at radius 3 is 2.94 bits per heavy atom. The van der Waals surface area contributed by atoms with Crippen molar-refractivity contribution in [3.8, 4) is 0 Å². The third kappa shape index (κ3) is 2.95. The molecule has 0 saturated heterocycles. The summed E-state index contributed by atoms with van der Waals surface area (Å²) < 4.78 is 0.783. The number of rotatable bonds is 4. The highest BCUT2D eigenvalue weighted by Gasteiger charge is 2.11. The highest BCUT2D eigenvalue weighted by Crippen LogP contribution is 2.27. The fourth-order valence-corrected chi connectivity index (χ4v) is 2.89. The summed E-state index contributed by atoms with van der Waals surface area (Å²) >= 11 is 2.46. The van der Waals surface area contributed by atoms with Gasteiger partial charge in [-0.2, -0.15) is 4.73 Å². The summed E-state index contributed by atoms with van der Waals surface area (Å²) in [5, 5.41) is 24.3. The number of thiophene rings is 1. The molecule has 0 saturated carbocycles. The maximum atomic E-state index is 11.3. The Hall–Kier alpha value is -1.60. The summed E-state index contributed by atoms with van der Waals surface area (Å²) in [6, 6.07) is 6.70. The van der Waals surface area contributed by atoms with Gasteiger partial charge in [0.05, 0.1) is 4.92 Å². The minimum Gasteiger partial charge on any atom is -0.618 e. The summed E-state index contributed by atoms with van der Waals surface area (Å²) in [7, 11) is 0. The zero-order valence-electron chi connectivity index (χ0n) is 8.61. The average Bonchev–Trinajstić information content (AvgIpc) is 2.77. The molecule has 0 aliphatic heterocycles. The fraction of sp³-hybridized carbons (Fsp3) is 0.100. The van der Waals surface area contributed by atoms with E-state index in [0.29, 0.717) is 10.8 Å². The van der Waals surface area contributed by atoms with Gasteiger partial charge in [0.25, 0.3) is 5.03 Å². The van der Waals surface area contributed by atoms with Crippen molar-refractivity contribution in [2.75, 3.05) is 0 Å². The van der Waals surface area contributed by atoms with Gasteiger partial charge < -0.3 is 5.21 Å². The number of hydrogen-bond donors (Lipinski definition) is 0. The molecular weight excluding hydrogens is 260 g/mol.